The molecule has 8 nitrogen and oxygen atoms in total. The Morgan fingerprint density at radius 1 is 1.07 bits per heavy atom. The number of hydrogen-bond acceptors (Lipinski definition) is 5. The van der Waals surface area contributed by atoms with Crippen LogP contribution in [0, 0.1) is 15.9 Å². The smallest absolute Gasteiger partial charge is 0.270 e. The summed E-state index contributed by atoms with van der Waals surface area (Å²) < 4.78 is 39.9. The molecule has 0 saturated carbocycles. The molecule has 1 saturated heterocycles. The van der Waals surface area contributed by atoms with Crippen LogP contribution in [0.4, 0.5) is 10.1 Å². The lowest BCUT2D eigenvalue weighted by molar-refractivity contribution is -0.385. The third kappa shape index (κ3) is 4.34. The Kier molecular flexibility index (Phi) is 5.71. The van der Waals surface area contributed by atoms with Crippen LogP contribution in [0.5, 0.6) is 0 Å². The molecule has 0 N–H and O–H groups in total. The Bertz CT molecular complexity index is 1000. The number of non-ortho nitro benzene ring substituents is 1. The molecule has 0 atom stereocenters. The zero-order chi connectivity index (χ0) is 20.3. The lowest BCUT2D eigenvalue weighted by Gasteiger charge is -2.34. The summed E-state index contributed by atoms with van der Waals surface area (Å²) in [7, 11) is -3.89. The highest BCUT2D eigenvalue weighted by molar-refractivity contribution is 7.89. The molecule has 3 rings (SSSR count). The molecule has 10 heteroatoms. The molecule has 0 spiro atoms. The van der Waals surface area contributed by atoms with Gasteiger partial charge in [-0.15, -0.1) is 0 Å². The van der Waals surface area contributed by atoms with Gasteiger partial charge in [0.25, 0.3) is 5.69 Å². The third-order valence-corrected chi connectivity index (χ3v) is 6.40. The summed E-state index contributed by atoms with van der Waals surface area (Å²) in [5, 5.41) is 10.9. The van der Waals surface area contributed by atoms with E-state index in [4.69, 9.17) is 0 Å². The second-order valence-electron chi connectivity index (χ2n) is 6.35. The summed E-state index contributed by atoms with van der Waals surface area (Å²) in [6, 6.07) is 10.7. The molecule has 1 aliphatic rings. The molecular formula is C18H18FN3O5S. The van der Waals surface area contributed by atoms with Crippen molar-refractivity contribution in [2.75, 3.05) is 26.2 Å². The minimum Gasteiger partial charge on any atom is -0.340 e. The molecule has 28 heavy (non-hydrogen) atoms. The molecule has 1 fully saturated rings. The van der Waals surface area contributed by atoms with Crippen LogP contribution in [-0.2, 0) is 21.2 Å². The molecular weight excluding hydrogens is 389 g/mol. The summed E-state index contributed by atoms with van der Waals surface area (Å²) in [5.74, 6) is -0.629. The zero-order valence-corrected chi connectivity index (χ0v) is 15.6. The van der Waals surface area contributed by atoms with Crippen molar-refractivity contribution in [1.82, 2.24) is 9.21 Å². The lowest BCUT2D eigenvalue weighted by atomic mass is 10.1. The van der Waals surface area contributed by atoms with Crippen LogP contribution < -0.4 is 0 Å². The quantitative estimate of drug-likeness (QED) is 0.556. The van der Waals surface area contributed by atoms with Gasteiger partial charge in [0.15, 0.2) is 0 Å². The van der Waals surface area contributed by atoms with Gasteiger partial charge in [-0.2, -0.15) is 4.31 Å². The monoisotopic (exact) mass is 407 g/mol. The van der Waals surface area contributed by atoms with Crippen LogP contribution in [0.15, 0.2) is 53.4 Å². The van der Waals surface area contributed by atoms with E-state index in [9.17, 15) is 27.7 Å². The first kappa shape index (κ1) is 19.9. The van der Waals surface area contributed by atoms with Gasteiger partial charge in [0.1, 0.15) is 5.82 Å². The topological polar surface area (TPSA) is 101 Å². The fourth-order valence-corrected chi connectivity index (χ4v) is 4.48. The second kappa shape index (κ2) is 8.03. The Morgan fingerprint density at radius 2 is 1.75 bits per heavy atom. The van der Waals surface area contributed by atoms with E-state index in [1.54, 1.807) is 6.07 Å². The molecule has 1 aliphatic heterocycles. The maximum atomic E-state index is 13.2. The van der Waals surface area contributed by atoms with Crippen molar-refractivity contribution < 1.29 is 22.5 Å². The lowest BCUT2D eigenvalue weighted by Crippen LogP contribution is -2.50. The highest BCUT2D eigenvalue weighted by atomic mass is 32.2. The number of nitro groups is 1. The standard InChI is InChI=1S/C18H18FN3O5S/c19-15-4-1-3-14(11-15)12-18(23)20-7-9-21(10-8-20)28(26,27)17-6-2-5-16(13-17)22(24)25/h1-6,11,13H,7-10,12H2. The van der Waals surface area contributed by atoms with Crippen LogP contribution >= 0.6 is 0 Å². The first-order chi connectivity index (χ1) is 13.3. The van der Waals surface area contributed by atoms with Gasteiger partial charge in [-0.1, -0.05) is 18.2 Å². The van der Waals surface area contributed by atoms with Crippen molar-refractivity contribution in [3.05, 3.63) is 70.0 Å². The number of hydrogen-bond donors (Lipinski definition) is 0. The molecule has 0 bridgehead atoms. The number of rotatable bonds is 5. The molecule has 2 aromatic rings. The Balaban J connectivity index is 1.65. The Morgan fingerprint density at radius 3 is 2.39 bits per heavy atom. The number of sulfonamides is 1. The van der Waals surface area contributed by atoms with Crippen molar-refractivity contribution in [1.29, 1.82) is 0 Å². The number of carbonyl (C=O) groups excluding carboxylic acids is 1. The van der Waals surface area contributed by atoms with Gasteiger partial charge in [0.2, 0.25) is 15.9 Å². The fourth-order valence-electron chi connectivity index (χ4n) is 3.02. The van der Waals surface area contributed by atoms with E-state index in [0.717, 1.165) is 6.07 Å². The van der Waals surface area contributed by atoms with E-state index in [2.05, 4.69) is 0 Å². The van der Waals surface area contributed by atoms with Crippen molar-refractivity contribution in [3.8, 4) is 0 Å². The number of amides is 1. The molecule has 1 heterocycles. The van der Waals surface area contributed by atoms with Crippen LogP contribution in [-0.4, -0.2) is 54.6 Å². The van der Waals surface area contributed by atoms with E-state index in [0.29, 0.717) is 5.56 Å². The van der Waals surface area contributed by atoms with Gasteiger partial charge in [-0.05, 0) is 23.8 Å². The Labute approximate surface area is 161 Å². The number of halogens is 1. The van der Waals surface area contributed by atoms with Gasteiger partial charge in [-0.3, -0.25) is 14.9 Å². The SMILES string of the molecule is O=C(Cc1cccc(F)c1)N1CCN(S(=O)(=O)c2cccc([N+](=O)[O-])c2)CC1. The first-order valence-corrected chi connectivity index (χ1v) is 9.98. The first-order valence-electron chi connectivity index (χ1n) is 8.54. The minimum atomic E-state index is -3.89. The average Bonchev–Trinajstić information content (AvgIpc) is 2.68. The highest BCUT2D eigenvalue weighted by Crippen LogP contribution is 2.22. The predicted octanol–water partition coefficient (Wildman–Crippen LogP) is 1.81. The number of benzene rings is 2. The van der Waals surface area contributed by atoms with E-state index in [1.807, 2.05) is 0 Å². The molecule has 1 amide bonds. The van der Waals surface area contributed by atoms with Crippen molar-refractivity contribution in [3.63, 3.8) is 0 Å². The highest BCUT2D eigenvalue weighted by Gasteiger charge is 2.30. The summed E-state index contributed by atoms with van der Waals surface area (Å²) in [6.07, 6.45) is 0.0371. The third-order valence-electron chi connectivity index (χ3n) is 4.50. The van der Waals surface area contributed by atoms with Crippen LogP contribution in [0.25, 0.3) is 0 Å². The molecule has 2 aromatic carbocycles. The maximum Gasteiger partial charge on any atom is 0.270 e. The fraction of sp³-hybridized carbons (Fsp3) is 0.278. The molecule has 0 aliphatic carbocycles. The maximum absolute atomic E-state index is 13.2. The summed E-state index contributed by atoms with van der Waals surface area (Å²) in [6.45, 7) is 0.560. The average molecular weight is 407 g/mol. The molecule has 0 aromatic heterocycles. The summed E-state index contributed by atoms with van der Waals surface area (Å²) >= 11 is 0. The van der Waals surface area contributed by atoms with Crippen LogP contribution in [0.1, 0.15) is 5.56 Å². The second-order valence-corrected chi connectivity index (χ2v) is 8.28. The largest absolute Gasteiger partial charge is 0.340 e. The normalized spacial score (nSPS) is 15.4. The zero-order valence-electron chi connectivity index (χ0n) is 14.8. The molecule has 148 valence electrons. The van der Waals surface area contributed by atoms with Crippen molar-refractivity contribution in [2.24, 2.45) is 0 Å². The van der Waals surface area contributed by atoms with Crippen LogP contribution in [0.2, 0.25) is 0 Å². The predicted molar refractivity (Wildman–Crippen MR) is 98.5 cm³/mol. The van der Waals surface area contributed by atoms with E-state index in [-0.39, 0.29) is 49.1 Å². The number of nitrogens with zero attached hydrogens (tertiary/aromatic N) is 3. The van der Waals surface area contributed by atoms with Crippen molar-refractivity contribution >= 4 is 21.6 Å². The van der Waals surface area contributed by atoms with E-state index < -0.39 is 20.8 Å². The molecule has 0 radical (unpaired) electrons. The van der Waals surface area contributed by atoms with Gasteiger partial charge in [-0.25, -0.2) is 12.8 Å². The van der Waals surface area contributed by atoms with Gasteiger partial charge < -0.3 is 4.90 Å². The molecule has 0 unspecified atom stereocenters. The van der Waals surface area contributed by atoms with E-state index in [1.165, 1.54) is 45.6 Å². The number of piperazine rings is 1. The number of carbonyl (C=O) groups is 1. The van der Waals surface area contributed by atoms with E-state index >= 15 is 0 Å². The number of nitro benzene ring substituents is 1. The van der Waals surface area contributed by atoms with Gasteiger partial charge >= 0.3 is 0 Å². The van der Waals surface area contributed by atoms with Gasteiger partial charge in [0.05, 0.1) is 16.2 Å². The van der Waals surface area contributed by atoms with Gasteiger partial charge in [0, 0.05) is 38.3 Å². The Hall–Kier alpha value is -2.85. The summed E-state index contributed by atoms with van der Waals surface area (Å²) in [4.78, 5) is 24.0. The summed E-state index contributed by atoms with van der Waals surface area (Å²) in [5.41, 5.74) is 0.252. The van der Waals surface area contributed by atoms with Crippen LogP contribution in [0.3, 0.4) is 0 Å². The minimum absolute atomic E-state index is 0.0371. The van der Waals surface area contributed by atoms with Crippen molar-refractivity contribution in [2.45, 2.75) is 11.3 Å².